The Hall–Kier alpha value is -0.780. The van der Waals surface area contributed by atoms with Gasteiger partial charge >= 0.3 is 0 Å². The highest BCUT2D eigenvalue weighted by Crippen LogP contribution is 2.27. The third kappa shape index (κ3) is 4.65. The van der Waals surface area contributed by atoms with Gasteiger partial charge in [-0.15, -0.1) is 0 Å². The molecule has 0 saturated heterocycles. The third-order valence-electron chi connectivity index (χ3n) is 3.21. The van der Waals surface area contributed by atoms with Crippen molar-refractivity contribution in [2.75, 3.05) is 5.73 Å². The van der Waals surface area contributed by atoms with E-state index >= 15 is 0 Å². The Bertz CT molecular complexity index is 559. The van der Waals surface area contributed by atoms with Gasteiger partial charge in [-0.25, -0.2) is 13.1 Å². The summed E-state index contributed by atoms with van der Waals surface area (Å²) >= 11 is 6.02. The fourth-order valence-corrected chi connectivity index (χ4v) is 3.86. The number of nitrogens with one attached hydrogen (secondary N) is 1. The van der Waals surface area contributed by atoms with Crippen LogP contribution >= 0.6 is 11.6 Å². The molecule has 6 heteroatoms. The van der Waals surface area contributed by atoms with Crippen molar-refractivity contribution >= 4 is 27.3 Å². The lowest BCUT2D eigenvalue weighted by molar-refractivity contribution is 0.527. The number of rotatable bonds is 7. The van der Waals surface area contributed by atoms with E-state index in [1.54, 1.807) is 13.0 Å². The predicted molar refractivity (Wildman–Crippen MR) is 84.5 cm³/mol. The molecule has 20 heavy (non-hydrogen) atoms. The van der Waals surface area contributed by atoms with Crippen molar-refractivity contribution in [3.63, 3.8) is 0 Å². The van der Waals surface area contributed by atoms with Crippen LogP contribution in [0.3, 0.4) is 0 Å². The molecular weight excluding hydrogens is 296 g/mol. The summed E-state index contributed by atoms with van der Waals surface area (Å²) in [5.41, 5.74) is 6.96. The summed E-state index contributed by atoms with van der Waals surface area (Å²) in [5.74, 6) is 0. The van der Waals surface area contributed by atoms with Gasteiger partial charge in [0.05, 0.1) is 5.02 Å². The topological polar surface area (TPSA) is 72.2 Å². The van der Waals surface area contributed by atoms with Crippen LogP contribution < -0.4 is 10.5 Å². The highest BCUT2D eigenvalue weighted by molar-refractivity contribution is 7.89. The molecule has 1 atom stereocenters. The molecule has 0 aliphatic carbocycles. The second-order valence-electron chi connectivity index (χ2n) is 5.16. The van der Waals surface area contributed by atoms with Gasteiger partial charge in [0.15, 0.2) is 0 Å². The van der Waals surface area contributed by atoms with Crippen molar-refractivity contribution < 1.29 is 8.42 Å². The number of anilines is 1. The lowest BCUT2D eigenvalue weighted by atomic mass is 10.1. The highest BCUT2D eigenvalue weighted by Gasteiger charge is 2.21. The molecule has 1 unspecified atom stereocenters. The number of nitrogen functional groups attached to an aromatic ring is 1. The minimum atomic E-state index is -3.63. The summed E-state index contributed by atoms with van der Waals surface area (Å²) in [4.78, 5) is 0.0459. The van der Waals surface area contributed by atoms with Crippen molar-refractivity contribution in [3.8, 4) is 0 Å². The van der Waals surface area contributed by atoms with Gasteiger partial charge in [-0.1, -0.05) is 37.8 Å². The lowest BCUT2D eigenvalue weighted by Gasteiger charge is -2.15. The number of unbranched alkanes of at least 4 members (excludes halogenated alkanes) is 2. The van der Waals surface area contributed by atoms with Crippen molar-refractivity contribution in [1.82, 2.24) is 4.72 Å². The van der Waals surface area contributed by atoms with Crippen LogP contribution in [0.5, 0.6) is 0 Å². The molecule has 3 N–H and O–H groups in total. The van der Waals surface area contributed by atoms with Crippen LogP contribution in [0.1, 0.15) is 45.1 Å². The Kier molecular flexibility index (Phi) is 6.30. The fraction of sp³-hybridized carbons (Fsp3) is 0.571. The minimum absolute atomic E-state index is 0.0459. The van der Waals surface area contributed by atoms with Crippen molar-refractivity contribution in [2.45, 2.75) is 57.4 Å². The van der Waals surface area contributed by atoms with Gasteiger partial charge in [0.2, 0.25) is 10.0 Å². The van der Waals surface area contributed by atoms with Gasteiger partial charge in [-0.2, -0.15) is 0 Å². The zero-order valence-corrected chi connectivity index (χ0v) is 13.8. The van der Waals surface area contributed by atoms with Crippen LogP contribution in [0.2, 0.25) is 5.02 Å². The third-order valence-corrected chi connectivity index (χ3v) is 5.26. The summed E-state index contributed by atoms with van der Waals surface area (Å²) in [6, 6.07) is 2.87. The molecule has 0 fully saturated rings. The first-order chi connectivity index (χ1) is 9.27. The highest BCUT2D eigenvalue weighted by atomic mass is 35.5. The predicted octanol–water partition coefficient (Wildman–Crippen LogP) is 3.48. The molecule has 114 valence electrons. The summed E-state index contributed by atoms with van der Waals surface area (Å²) in [5, 5.41) is 0.199. The minimum Gasteiger partial charge on any atom is -0.398 e. The first-order valence-corrected chi connectivity index (χ1v) is 8.72. The average Bonchev–Trinajstić information content (AvgIpc) is 2.33. The van der Waals surface area contributed by atoms with Gasteiger partial charge in [-0.05, 0) is 38.0 Å². The van der Waals surface area contributed by atoms with E-state index in [0.717, 1.165) is 31.2 Å². The van der Waals surface area contributed by atoms with Crippen LogP contribution in [0.25, 0.3) is 0 Å². The van der Waals surface area contributed by atoms with E-state index in [9.17, 15) is 8.42 Å². The van der Waals surface area contributed by atoms with Gasteiger partial charge in [0.25, 0.3) is 0 Å². The van der Waals surface area contributed by atoms with E-state index in [-0.39, 0.29) is 16.0 Å². The average molecular weight is 319 g/mol. The van der Waals surface area contributed by atoms with Gasteiger partial charge in [0.1, 0.15) is 4.90 Å². The van der Waals surface area contributed by atoms with Gasteiger partial charge in [-0.3, -0.25) is 0 Å². The number of halogens is 1. The van der Waals surface area contributed by atoms with Crippen LogP contribution in [-0.2, 0) is 10.0 Å². The first-order valence-electron chi connectivity index (χ1n) is 6.86. The zero-order valence-electron chi connectivity index (χ0n) is 12.2. The lowest BCUT2D eigenvalue weighted by Crippen LogP contribution is -2.32. The van der Waals surface area contributed by atoms with Gasteiger partial charge in [0, 0.05) is 11.7 Å². The molecule has 1 aromatic rings. The molecule has 1 rings (SSSR count). The molecule has 0 aliphatic rings. The first kappa shape index (κ1) is 17.3. The fourth-order valence-electron chi connectivity index (χ4n) is 1.96. The summed E-state index contributed by atoms with van der Waals surface area (Å²) in [6.45, 7) is 5.76. The monoisotopic (exact) mass is 318 g/mol. The van der Waals surface area contributed by atoms with E-state index < -0.39 is 10.0 Å². The summed E-state index contributed by atoms with van der Waals surface area (Å²) in [6.07, 6.45) is 4.03. The smallest absolute Gasteiger partial charge is 0.242 e. The molecule has 0 aliphatic heterocycles. The van der Waals surface area contributed by atoms with Crippen molar-refractivity contribution in [3.05, 3.63) is 22.7 Å². The molecule has 4 nitrogen and oxygen atoms in total. The molecule has 0 aromatic heterocycles. The molecule has 0 radical (unpaired) electrons. The van der Waals surface area contributed by atoms with Crippen LogP contribution in [0.4, 0.5) is 5.69 Å². The summed E-state index contributed by atoms with van der Waals surface area (Å²) < 4.78 is 27.3. The summed E-state index contributed by atoms with van der Waals surface area (Å²) in [7, 11) is -3.63. The maximum absolute atomic E-state index is 12.3. The van der Waals surface area contributed by atoms with E-state index in [1.807, 2.05) is 6.92 Å². The Morgan fingerprint density at radius 1 is 1.35 bits per heavy atom. The quantitative estimate of drug-likeness (QED) is 0.597. The second-order valence-corrected chi connectivity index (χ2v) is 7.25. The van der Waals surface area contributed by atoms with Crippen molar-refractivity contribution in [1.29, 1.82) is 0 Å². The molecule has 0 amide bonds. The number of nitrogens with two attached hydrogens (primary N) is 1. The number of aryl methyl sites for hydroxylation is 1. The molecule has 0 bridgehead atoms. The van der Waals surface area contributed by atoms with E-state index in [4.69, 9.17) is 17.3 Å². The number of sulfonamides is 1. The number of hydrogen-bond acceptors (Lipinski definition) is 3. The number of hydrogen-bond donors (Lipinski definition) is 2. The van der Waals surface area contributed by atoms with E-state index in [0.29, 0.717) is 5.69 Å². The van der Waals surface area contributed by atoms with Crippen LogP contribution in [0, 0.1) is 6.92 Å². The number of benzene rings is 1. The molecule has 0 heterocycles. The largest absolute Gasteiger partial charge is 0.398 e. The van der Waals surface area contributed by atoms with Gasteiger partial charge < -0.3 is 5.73 Å². The maximum Gasteiger partial charge on any atom is 0.242 e. The van der Waals surface area contributed by atoms with E-state index in [2.05, 4.69) is 11.6 Å². The molecule has 0 saturated carbocycles. The zero-order chi connectivity index (χ0) is 15.3. The Labute approximate surface area is 126 Å². The molecule has 0 spiro atoms. The Morgan fingerprint density at radius 2 is 2.00 bits per heavy atom. The SMILES string of the molecule is CCCCCC(C)NS(=O)(=O)c1cc(N)c(C)cc1Cl. The molecule has 1 aromatic carbocycles. The normalized spacial score (nSPS) is 13.4. The Morgan fingerprint density at radius 3 is 2.60 bits per heavy atom. The standard InChI is InChI=1S/C14H23ClN2O2S/c1-4-5-6-7-11(3)17-20(18,19)14-9-13(16)10(2)8-12(14)15/h8-9,11,17H,4-7,16H2,1-3H3. The maximum atomic E-state index is 12.3. The van der Waals surface area contributed by atoms with Crippen LogP contribution in [0.15, 0.2) is 17.0 Å². The van der Waals surface area contributed by atoms with E-state index in [1.165, 1.54) is 6.07 Å². The van der Waals surface area contributed by atoms with Crippen LogP contribution in [-0.4, -0.2) is 14.5 Å². The Balaban J connectivity index is 2.86. The molecular formula is C14H23ClN2O2S. The van der Waals surface area contributed by atoms with Crippen molar-refractivity contribution in [2.24, 2.45) is 0 Å². The second kappa shape index (κ2) is 7.29.